The largest absolute Gasteiger partial charge is 0.493 e. The third-order valence-electron chi connectivity index (χ3n) is 3.27. The predicted octanol–water partition coefficient (Wildman–Crippen LogP) is 1.87. The Balaban J connectivity index is 1.84. The molecule has 0 aliphatic carbocycles. The van der Waals surface area contributed by atoms with Gasteiger partial charge < -0.3 is 20.1 Å². The molecule has 0 radical (unpaired) electrons. The average Bonchev–Trinajstić information content (AvgIpc) is 2.52. The van der Waals surface area contributed by atoms with E-state index >= 15 is 0 Å². The number of rotatable bonds is 5. The van der Waals surface area contributed by atoms with Crippen LogP contribution in [-0.2, 0) is 11.3 Å². The Morgan fingerprint density at radius 3 is 2.57 bits per heavy atom. The number of benzene rings is 1. The van der Waals surface area contributed by atoms with E-state index in [0.29, 0.717) is 18.4 Å². The summed E-state index contributed by atoms with van der Waals surface area (Å²) in [7, 11) is 0. The van der Waals surface area contributed by atoms with Gasteiger partial charge in [-0.15, -0.1) is 0 Å². The predicted molar refractivity (Wildman–Crippen MR) is 84.5 cm³/mol. The molecule has 1 saturated heterocycles. The van der Waals surface area contributed by atoms with E-state index in [1.165, 1.54) is 0 Å². The zero-order chi connectivity index (χ0) is 15.1. The number of ether oxygens (including phenoxy) is 2. The highest BCUT2D eigenvalue weighted by molar-refractivity contribution is 5.78. The highest BCUT2D eigenvalue weighted by Crippen LogP contribution is 2.14. The molecule has 2 rings (SSSR count). The molecule has 5 nitrogen and oxygen atoms in total. The lowest BCUT2D eigenvalue weighted by atomic mass is 10.2. The fourth-order valence-corrected chi connectivity index (χ4v) is 2.02. The van der Waals surface area contributed by atoms with Crippen LogP contribution in [-0.4, -0.2) is 43.8 Å². The van der Waals surface area contributed by atoms with Gasteiger partial charge in [0.2, 0.25) is 0 Å². The van der Waals surface area contributed by atoms with Gasteiger partial charge in [-0.25, -0.2) is 4.99 Å². The molecule has 5 heteroatoms. The lowest BCUT2D eigenvalue weighted by molar-refractivity contribution is 0.0674. The van der Waals surface area contributed by atoms with Crippen LogP contribution in [0.3, 0.4) is 0 Å². The van der Waals surface area contributed by atoms with Gasteiger partial charge in [0.05, 0.1) is 26.4 Å². The summed E-state index contributed by atoms with van der Waals surface area (Å²) in [5, 5.41) is 0. The topological polar surface area (TPSA) is 60.1 Å². The van der Waals surface area contributed by atoms with Crippen LogP contribution in [0, 0.1) is 5.92 Å². The number of hydrogen-bond donors (Lipinski definition) is 1. The third-order valence-corrected chi connectivity index (χ3v) is 3.27. The number of morpholine rings is 1. The van der Waals surface area contributed by atoms with E-state index in [-0.39, 0.29) is 0 Å². The highest BCUT2D eigenvalue weighted by atomic mass is 16.5. The molecule has 1 fully saturated rings. The number of guanidine groups is 1. The van der Waals surface area contributed by atoms with Gasteiger partial charge in [0.1, 0.15) is 5.75 Å². The molecule has 0 atom stereocenters. The first kappa shape index (κ1) is 15.6. The first-order chi connectivity index (χ1) is 10.1. The second kappa shape index (κ2) is 7.88. The Kier molecular flexibility index (Phi) is 5.87. The molecule has 0 amide bonds. The fourth-order valence-electron chi connectivity index (χ4n) is 2.02. The molecule has 116 valence electrons. The zero-order valence-corrected chi connectivity index (χ0v) is 12.9. The summed E-state index contributed by atoms with van der Waals surface area (Å²) in [6, 6.07) is 8.04. The maximum atomic E-state index is 6.00. The van der Waals surface area contributed by atoms with Crippen LogP contribution in [0.25, 0.3) is 0 Å². The van der Waals surface area contributed by atoms with Crippen molar-refractivity contribution >= 4 is 5.96 Å². The molecule has 1 heterocycles. The van der Waals surface area contributed by atoms with Crippen molar-refractivity contribution in [2.75, 3.05) is 32.9 Å². The minimum absolute atomic E-state index is 0.530. The van der Waals surface area contributed by atoms with E-state index in [0.717, 1.165) is 44.2 Å². The molecular weight excluding hydrogens is 266 g/mol. The summed E-state index contributed by atoms with van der Waals surface area (Å²) in [4.78, 5) is 6.51. The van der Waals surface area contributed by atoms with Crippen molar-refractivity contribution in [1.82, 2.24) is 4.90 Å². The number of nitrogens with zero attached hydrogens (tertiary/aromatic N) is 2. The maximum Gasteiger partial charge on any atom is 0.191 e. The van der Waals surface area contributed by atoms with Gasteiger partial charge in [-0.3, -0.25) is 0 Å². The van der Waals surface area contributed by atoms with Gasteiger partial charge in [-0.05, 0) is 23.6 Å². The van der Waals surface area contributed by atoms with E-state index in [1.807, 2.05) is 24.3 Å². The zero-order valence-electron chi connectivity index (χ0n) is 12.9. The van der Waals surface area contributed by atoms with E-state index in [4.69, 9.17) is 15.2 Å². The van der Waals surface area contributed by atoms with Crippen molar-refractivity contribution in [2.24, 2.45) is 16.6 Å². The van der Waals surface area contributed by atoms with Crippen molar-refractivity contribution < 1.29 is 9.47 Å². The molecule has 1 aliphatic rings. The van der Waals surface area contributed by atoms with E-state index in [9.17, 15) is 0 Å². The van der Waals surface area contributed by atoms with Gasteiger partial charge in [0.15, 0.2) is 5.96 Å². The number of hydrogen-bond acceptors (Lipinski definition) is 3. The first-order valence-electron chi connectivity index (χ1n) is 7.49. The van der Waals surface area contributed by atoms with Crippen LogP contribution < -0.4 is 10.5 Å². The van der Waals surface area contributed by atoms with Gasteiger partial charge in [0.25, 0.3) is 0 Å². The maximum absolute atomic E-state index is 6.00. The Hall–Kier alpha value is -1.75. The molecule has 0 bridgehead atoms. The second-order valence-electron chi connectivity index (χ2n) is 5.62. The van der Waals surface area contributed by atoms with Crippen LogP contribution in [0.1, 0.15) is 19.4 Å². The van der Waals surface area contributed by atoms with Crippen LogP contribution >= 0.6 is 0 Å². The Morgan fingerprint density at radius 2 is 1.95 bits per heavy atom. The molecule has 1 aromatic rings. The summed E-state index contributed by atoms with van der Waals surface area (Å²) >= 11 is 0. The van der Waals surface area contributed by atoms with E-state index in [2.05, 4.69) is 23.7 Å². The van der Waals surface area contributed by atoms with Crippen molar-refractivity contribution in [1.29, 1.82) is 0 Å². The second-order valence-corrected chi connectivity index (χ2v) is 5.62. The summed E-state index contributed by atoms with van der Waals surface area (Å²) < 4.78 is 11.0. The molecule has 0 spiro atoms. The Labute approximate surface area is 126 Å². The minimum atomic E-state index is 0.530. The lowest BCUT2D eigenvalue weighted by Crippen LogP contribution is -2.44. The highest BCUT2D eigenvalue weighted by Gasteiger charge is 2.11. The Bertz CT molecular complexity index is 451. The normalized spacial score (nSPS) is 16.3. The van der Waals surface area contributed by atoms with Crippen LogP contribution in [0.4, 0.5) is 0 Å². The van der Waals surface area contributed by atoms with Gasteiger partial charge >= 0.3 is 0 Å². The monoisotopic (exact) mass is 291 g/mol. The van der Waals surface area contributed by atoms with Crippen molar-refractivity contribution in [3.8, 4) is 5.75 Å². The minimum Gasteiger partial charge on any atom is -0.493 e. The van der Waals surface area contributed by atoms with E-state index in [1.54, 1.807) is 0 Å². The van der Waals surface area contributed by atoms with Gasteiger partial charge in [-0.2, -0.15) is 0 Å². The fraction of sp³-hybridized carbons (Fsp3) is 0.562. The number of aliphatic imine (C=N–C) groups is 1. The summed E-state index contributed by atoms with van der Waals surface area (Å²) in [6.45, 7) is 8.68. The van der Waals surface area contributed by atoms with Gasteiger partial charge in [-0.1, -0.05) is 26.0 Å². The van der Waals surface area contributed by atoms with Crippen molar-refractivity contribution in [2.45, 2.75) is 20.4 Å². The van der Waals surface area contributed by atoms with Crippen LogP contribution in [0.2, 0.25) is 0 Å². The third kappa shape index (κ3) is 5.27. The quantitative estimate of drug-likeness (QED) is 0.664. The molecular formula is C16H25N3O2. The first-order valence-corrected chi connectivity index (χ1v) is 7.49. The van der Waals surface area contributed by atoms with Gasteiger partial charge in [0, 0.05) is 13.1 Å². The van der Waals surface area contributed by atoms with Crippen molar-refractivity contribution in [3.63, 3.8) is 0 Å². The Morgan fingerprint density at radius 1 is 1.29 bits per heavy atom. The molecule has 1 aromatic carbocycles. The molecule has 0 saturated carbocycles. The summed E-state index contributed by atoms with van der Waals surface area (Å²) in [5.74, 6) is 2.03. The molecule has 2 N–H and O–H groups in total. The lowest BCUT2D eigenvalue weighted by Gasteiger charge is -2.27. The molecule has 1 aliphatic heterocycles. The average molecular weight is 291 g/mol. The molecule has 21 heavy (non-hydrogen) atoms. The smallest absolute Gasteiger partial charge is 0.191 e. The summed E-state index contributed by atoms with van der Waals surface area (Å²) in [6.07, 6.45) is 0. The standard InChI is InChI=1S/C16H25N3O2/c1-13(2)12-21-15-5-3-14(4-6-15)11-18-16(17)19-7-9-20-10-8-19/h3-6,13H,7-12H2,1-2H3,(H2,17,18). The summed E-state index contributed by atoms with van der Waals surface area (Å²) in [5.41, 5.74) is 7.13. The van der Waals surface area contributed by atoms with Crippen molar-refractivity contribution in [3.05, 3.63) is 29.8 Å². The number of nitrogens with two attached hydrogens (primary N) is 1. The van der Waals surface area contributed by atoms with E-state index < -0.39 is 0 Å². The molecule has 0 aromatic heterocycles. The SMILES string of the molecule is CC(C)COc1ccc(CN=C(N)N2CCOCC2)cc1. The van der Waals surface area contributed by atoms with Crippen LogP contribution in [0.15, 0.2) is 29.3 Å². The van der Waals surface area contributed by atoms with Crippen LogP contribution in [0.5, 0.6) is 5.75 Å². The molecule has 0 unspecified atom stereocenters.